The van der Waals surface area contributed by atoms with Crippen molar-refractivity contribution >= 4 is 17.2 Å². The van der Waals surface area contributed by atoms with Gasteiger partial charge in [0, 0.05) is 30.0 Å². The summed E-state index contributed by atoms with van der Waals surface area (Å²) < 4.78 is 11.2. The van der Waals surface area contributed by atoms with Crippen LogP contribution >= 0.6 is 11.3 Å². The molecule has 0 radical (unpaired) electrons. The van der Waals surface area contributed by atoms with E-state index in [4.69, 9.17) is 9.47 Å². The Bertz CT molecular complexity index is 751. The average molecular weight is 390 g/mol. The number of carbonyl (C=O) groups is 1. The lowest BCUT2D eigenvalue weighted by Crippen LogP contribution is -2.47. The number of nitrogens with zero attached hydrogens (tertiary/aromatic N) is 1. The zero-order valence-electron chi connectivity index (χ0n) is 15.9. The van der Waals surface area contributed by atoms with Crippen LogP contribution in [0.25, 0.3) is 0 Å². The van der Waals surface area contributed by atoms with E-state index >= 15 is 0 Å². The third-order valence-corrected chi connectivity index (χ3v) is 5.71. The lowest BCUT2D eigenvalue weighted by atomic mass is 9.79. The quantitative estimate of drug-likeness (QED) is 0.726. The van der Waals surface area contributed by atoms with Gasteiger partial charge in [-0.1, -0.05) is 6.07 Å². The van der Waals surface area contributed by atoms with Crippen molar-refractivity contribution in [2.45, 2.75) is 26.4 Å². The molecule has 0 atom stereocenters. The predicted octanol–water partition coefficient (Wildman–Crippen LogP) is 2.78. The van der Waals surface area contributed by atoms with Gasteiger partial charge in [0.25, 0.3) is 5.91 Å². The molecule has 1 aliphatic heterocycles. The van der Waals surface area contributed by atoms with Gasteiger partial charge < -0.3 is 20.1 Å². The van der Waals surface area contributed by atoms with Crippen LogP contribution in [0, 0.1) is 12.3 Å². The highest BCUT2D eigenvalue weighted by atomic mass is 32.1. The van der Waals surface area contributed by atoms with Crippen LogP contribution in [-0.4, -0.2) is 44.2 Å². The summed E-state index contributed by atoms with van der Waals surface area (Å²) >= 11 is 1.60. The van der Waals surface area contributed by atoms with E-state index < -0.39 is 0 Å². The molecule has 1 amide bonds. The lowest BCUT2D eigenvalue weighted by Gasteiger charge is -2.37. The summed E-state index contributed by atoms with van der Waals surface area (Å²) in [6.45, 7) is 5.56. The van der Waals surface area contributed by atoms with Gasteiger partial charge in [-0.2, -0.15) is 0 Å². The number of aromatic nitrogens is 1. The highest BCUT2D eigenvalue weighted by Crippen LogP contribution is 2.28. The minimum absolute atomic E-state index is 0.00620. The number of benzene rings is 1. The van der Waals surface area contributed by atoms with Gasteiger partial charge in [0.05, 0.1) is 17.3 Å². The maximum absolute atomic E-state index is 12.6. The van der Waals surface area contributed by atoms with Gasteiger partial charge in [0.15, 0.2) is 0 Å². The van der Waals surface area contributed by atoms with Crippen molar-refractivity contribution in [3.8, 4) is 5.75 Å². The first kappa shape index (κ1) is 19.8. The van der Waals surface area contributed by atoms with Crippen molar-refractivity contribution < 1.29 is 14.3 Å². The summed E-state index contributed by atoms with van der Waals surface area (Å²) in [7, 11) is 1.72. The standard InChI is InChI=1S/C20H27N3O3S/c1-15-23-17(12-27-15)11-26-18-5-3-4-16(10-18)19(24)22-13-20(14-25-2)6-8-21-9-7-20/h3-5,10,12,21H,6-9,11,13-14H2,1-2H3,(H,22,24). The first-order valence-electron chi connectivity index (χ1n) is 9.22. The van der Waals surface area contributed by atoms with Crippen molar-refractivity contribution in [3.63, 3.8) is 0 Å². The molecule has 0 spiro atoms. The number of ether oxygens (including phenoxy) is 2. The van der Waals surface area contributed by atoms with Gasteiger partial charge in [0.1, 0.15) is 12.4 Å². The summed E-state index contributed by atoms with van der Waals surface area (Å²) in [5, 5.41) is 9.45. The Morgan fingerprint density at radius 2 is 2.19 bits per heavy atom. The van der Waals surface area contributed by atoms with E-state index in [9.17, 15) is 4.79 Å². The number of hydrogen-bond donors (Lipinski definition) is 2. The normalized spacial score (nSPS) is 16.1. The van der Waals surface area contributed by atoms with E-state index in [-0.39, 0.29) is 11.3 Å². The number of aryl methyl sites for hydroxylation is 1. The van der Waals surface area contributed by atoms with Crippen LogP contribution in [0.2, 0.25) is 0 Å². The topological polar surface area (TPSA) is 72.5 Å². The summed E-state index contributed by atoms with van der Waals surface area (Å²) in [4.78, 5) is 17.0. The van der Waals surface area contributed by atoms with Gasteiger partial charge in [-0.05, 0) is 51.1 Å². The SMILES string of the molecule is COCC1(CNC(=O)c2cccc(OCc3csc(C)n3)c2)CCNCC1. The summed E-state index contributed by atoms with van der Waals surface area (Å²) in [5.74, 6) is 0.584. The molecule has 0 unspecified atom stereocenters. The molecule has 6 nitrogen and oxygen atoms in total. The third-order valence-electron chi connectivity index (χ3n) is 4.89. The van der Waals surface area contributed by atoms with Crippen molar-refractivity contribution in [2.75, 3.05) is 33.4 Å². The van der Waals surface area contributed by atoms with Crippen molar-refractivity contribution in [1.29, 1.82) is 0 Å². The number of piperidine rings is 1. The Morgan fingerprint density at radius 3 is 2.89 bits per heavy atom. The first-order chi connectivity index (χ1) is 13.1. The van der Waals surface area contributed by atoms with Crippen LogP contribution in [0.1, 0.15) is 33.9 Å². The van der Waals surface area contributed by atoms with E-state index in [1.165, 1.54) is 0 Å². The van der Waals surface area contributed by atoms with Crippen LogP contribution in [0.15, 0.2) is 29.6 Å². The molecular formula is C20H27N3O3S. The molecule has 0 saturated carbocycles. The molecule has 1 aliphatic rings. The number of methoxy groups -OCH3 is 1. The number of carbonyl (C=O) groups excluding carboxylic acids is 1. The van der Waals surface area contributed by atoms with Gasteiger partial charge in [-0.15, -0.1) is 11.3 Å². The van der Waals surface area contributed by atoms with Crippen molar-refractivity contribution in [1.82, 2.24) is 15.6 Å². The monoisotopic (exact) mass is 389 g/mol. The second kappa shape index (κ2) is 9.30. The van der Waals surface area contributed by atoms with Gasteiger partial charge >= 0.3 is 0 Å². The molecular weight excluding hydrogens is 362 g/mol. The molecule has 3 rings (SSSR count). The van der Waals surface area contributed by atoms with E-state index in [1.54, 1.807) is 30.6 Å². The zero-order chi connectivity index (χ0) is 19.1. The average Bonchev–Trinajstić information content (AvgIpc) is 3.11. The molecule has 0 aliphatic carbocycles. The van der Waals surface area contributed by atoms with E-state index in [0.29, 0.717) is 31.1 Å². The molecule has 2 heterocycles. The summed E-state index contributed by atoms with van der Waals surface area (Å²) in [5.41, 5.74) is 1.51. The molecule has 146 valence electrons. The zero-order valence-corrected chi connectivity index (χ0v) is 16.7. The minimum atomic E-state index is -0.0843. The molecule has 1 fully saturated rings. The molecule has 1 aromatic heterocycles. The largest absolute Gasteiger partial charge is 0.487 e. The smallest absolute Gasteiger partial charge is 0.251 e. The summed E-state index contributed by atoms with van der Waals surface area (Å²) in [6.07, 6.45) is 1.99. The highest BCUT2D eigenvalue weighted by molar-refractivity contribution is 7.09. The Kier molecular flexibility index (Phi) is 6.82. The fourth-order valence-corrected chi connectivity index (χ4v) is 3.96. The number of amides is 1. The molecule has 2 aromatic rings. The molecule has 7 heteroatoms. The fourth-order valence-electron chi connectivity index (χ4n) is 3.36. The van der Waals surface area contributed by atoms with E-state index in [0.717, 1.165) is 36.6 Å². The fraction of sp³-hybridized carbons (Fsp3) is 0.500. The minimum Gasteiger partial charge on any atom is -0.487 e. The van der Waals surface area contributed by atoms with Crippen molar-refractivity contribution in [3.05, 3.63) is 45.9 Å². The van der Waals surface area contributed by atoms with Crippen molar-refractivity contribution in [2.24, 2.45) is 5.41 Å². The molecule has 1 aromatic carbocycles. The second-order valence-electron chi connectivity index (χ2n) is 7.04. The Labute approximate surface area is 164 Å². The summed E-state index contributed by atoms with van der Waals surface area (Å²) in [6, 6.07) is 7.28. The lowest BCUT2D eigenvalue weighted by molar-refractivity contribution is 0.0511. The predicted molar refractivity (Wildman–Crippen MR) is 106 cm³/mol. The number of nitrogens with one attached hydrogen (secondary N) is 2. The van der Waals surface area contributed by atoms with Crippen LogP contribution in [0.3, 0.4) is 0 Å². The van der Waals surface area contributed by atoms with Gasteiger partial charge in [-0.25, -0.2) is 4.98 Å². The van der Waals surface area contributed by atoms with Gasteiger partial charge in [0.2, 0.25) is 0 Å². The maximum Gasteiger partial charge on any atom is 0.251 e. The third kappa shape index (κ3) is 5.51. The van der Waals surface area contributed by atoms with Crippen LogP contribution in [-0.2, 0) is 11.3 Å². The van der Waals surface area contributed by atoms with E-state index in [1.807, 2.05) is 24.4 Å². The van der Waals surface area contributed by atoms with Gasteiger partial charge in [-0.3, -0.25) is 4.79 Å². The van der Waals surface area contributed by atoms with Crippen LogP contribution in [0.5, 0.6) is 5.75 Å². The Morgan fingerprint density at radius 1 is 1.37 bits per heavy atom. The van der Waals surface area contributed by atoms with Crippen LogP contribution in [0.4, 0.5) is 0 Å². The molecule has 2 N–H and O–H groups in total. The number of thiazole rings is 1. The first-order valence-corrected chi connectivity index (χ1v) is 10.1. The maximum atomic E-state index is 12.6. The highest BCUT2D eigenvalue weighted by Gasteiger charge is 2.32. The molecule has 1 saturated heterocycles. The van der Waals surface area contributed by atoms with E-state index in [2.05, 4.69) is 15.6 Å². The number of rotatable bonds is 8. The van der Waals surface area contributed by atoms with Crippen LogP contribution < -0.4 is 15.4 Å². The Balaban J connectivity index is 1.57. The molecule has 27 heavy (non-hydrogen) atoms. The number of hydrogen-bond acceptors (Lipinski definition) is 6. The molecule has 0 bridgehead atoms. The second-order valence-corrected chi connectivity index (χ2v) is 8.10. The Hall–Kier alpha value is -1.96.